The second kappa shape index (κ2) is 11.1. The highest BCUT2D eigenvalue weighted by atomic mass is 15.2. The van der Waals surface area contributed by atoms with Crippen LogP contribution in [0.25, 0.3) is 43.8 Å². The van der Waals surface area contributed by atoms with Crippen molar-refractivity contribution in [1.29, 1.82) is 0 Å². The Hall–Kier alpha value is -5.34. The molecule has 0 spiro atoms. The van der Waals surface area contributed by atoms with Crippen molar-refractivity contribution in [2.24, 2.45) is 0 Å². The van der Waals surface area contributed by atoms with Gasteiger partial charge in [0.25, 0.3) is 0 Å². The van der Waals surface area contributed by atoms with Crippen molar-refractivity contribution in [3.8, 4) is 22.3 Å². The molecule has 7 aromatic carbocycles. The van der Waals surface area contributed by atoms with Crippen LogP contribution in [0, 0.1) is 0 Å². The van der Waals surface area contributed by atoms with Gasteiger partial charge in [-0.05, 0) is 143 Å². The van der Waals surface area contributed by atoms with E-state index < -0.39 is 0 Å². The molecule has 11 rings (SSSR count). The number of rotatable bonds is 4. The molecule has 2 aliphatic heterocycles. The maximum Gasteiger partial charge on any atom is 0.0492 e. The summed E-state index contributed by atoms with van der Waals surface area (Å²) in [6.45, 7) is 5.00. The van der Waals surface area contributed by atoms with Crippen molar-refractivity contribution in [2.45, 2.75) is 75.3 Å². The van der Waals surface area contributed by atoms with Gasteiger partial charge in [0.05, 0.1) is 0 Å². The van der Waals surface area contributed by atoms with Gasteiger partial charge < -0.3 is 9.80 Å². The zero-order valence-corrected chi connectivity index (χ0v) is 30.1. The van der Waals surface area contributed by atoms with E-state index in [0.717, 1.165) is 0 Å². The Morgan fingerprint density at radius 2 is 0.808 bits per heavy atom. The van der Waals surface area contributed by atoms with Crippen molar-refractivity contribution in [3.05, 3.63) is 157 Å². The third-order valence-corrected chi connectivity index (χ3v) is 13.7. The molecule has 0 N–H and O–H groups in total. The summed E-state index contributed by atoms with van der Waals surface area (Å²) in [5.74, 6) is 1.06. The first-order valence-corrected chi connectivity index (χ1v) is 19.5. The summed E-state index contributed by atoms with van der Waals surface area (Å²) in [5.41, 5.74) is 14.0. The Balaban J connectivity index is 1.11. The van der Waals surface area contributed by atoms with Crippen LogP contribution in [0.15, 0.2) is 146 Å². The largest absolute Gasteiger partial charge is 0.335 e. The van der Waals surface area contributed by atoms with Gasteiger partial charge in [-0.3, -0.25) is 0 Å². The first kappa shape index (κ1) is 30.3. The molecule has 0 aromatic heterocycles. The predicted molar refractivity (Wildman–Crippen MR) is 219 cm³/mol. The molecule has 0 saturated heterocycles. The van der Waals surface area contributed by atoms with Crippen LogP contribution in [0.1, 0.15) is 75.3 Å². The van der Waals surface area contributed by atoms with Gasteiger partial charge >= 0.3 is 0 Å². The zero-order chi connectivity index (χ0) is 34.6. The summed E-state index contributed by atoms with van der Waals surface area (Å²) in [4.78, 5) is 5.32. The number of benzene rings is 7. The first-order chi connectivity index (χ1) is 25.5. The fraction of sp³-hybridized carbons (Fsp3) is 0.240. The molecule has 254 valence electrons. The fourth-order valence-corrected chi connectivity index (χ4v) is 11.5. The van der Waals surface area contributed by atoms with Crippen LogP contribution in [0.5, 0.6) is 0 Å². The van der Waals surface area contributed by atoms with Crippen molar-refractivity contribution in [3.63, 3.8) is 0 Å². The van der Waals surface area contributed by atoms with E-state index in [4.69, 9.17) is 0 Å². The van der Waals surface area contributed by atoms with Gasteiger partial charge in [-0.1, -0.05) is 110 Å². The molecular formula is C50H44N2. The number of nitrogens with zero attached hydrogens (tertiary/aromatic N) is 2. The predicted octanol–water partition coefficient (Wildman–Crippen LogP) is 13.7. The second-order valence-electron chi connectivity index (χ2n) is 16.3. The number of hydrogen-bond acceptors (Lipinski definition) is 2. The van der Waals surface area contributed by atoms with Crippen LogP contribution in [0.4, 0.5) is 22.7 Å². The Morgan fingerprint density at radius 1 is 0.442 bits per heavy atom. The summed E-state index contributed by atoms with van der Waals surface area (Å²) in [7, 11) is 0. The molecule has 2 heteroatoms. The van der Waals surface area contributed by atoms with Gasteiger partial charge in [-0.25, -0.2) is 0 Å². The molecule has 2 nitrogen and oxygen atoms in total. The quantitative estimate of drug-likeness (QED) is 0.172. The van der Waals surface area contributed by atoms with Gasteiger partial charge in [0.15, 0.2) is 0 Å². The van der Waals surface area contributed by atoms with Crippen LogP contribution < -0.4 is 9.80 Å². The van der Waals surface area contributed by atoms with E-state index in [0.29, 0.717) is 11.8 Å². The van der Waals surface area contributed by atoms with Crippen LogP contribution in [0.2, 0.25) is 0 Å². The molecule has 2 fully saturated rings. The normalized spacial score (nSPS) is 24.3. The van der Waals surface area contributed by atoms with Gasteiger partial charge in [0.1, 0.15) is 0 Å². The summed E-state index contributed by atoms with van der Waals surface area (Å²) in [6.07, 6.45) is 7.49. The van der Waals surface area contributed by atoms with E-state index in [1.165, 1.54) is 116 Å². The van der Waals surface area contributed by atoms with Crippen LogP contribution in [-0.2, 0) is 0 Å². The number of para-hydroxylation sites is 2. The van der Waals surface area contributed by atoms with Crippen molar-refractivity contribution in [1.82, 2.24) is 0 Å². The number of hydrogen-bond donors (Lipinski definition) is 0. The summed E-state index contributed by atoms with van der Waals surface area (Å²) >= 11 is 0. The van der Waals surface area contributed by atoms with Crippen LogP contribution in [0.3, 0.4) is 0 Å². The topological polar surface area (TPSA) is 6.48 Å². The molecule has 2 aliphatic carbocycles. The van der Waals surface area contributed by atoms with E-state index in [9.17, 15) is 0 Å². The molecule has 4 aliphatic rings. The van der Waals surface area contributed by atoms with E-state index in [1.54, 1.807) is 0 Å². The lowest BCUT2D eigenvalue weighted by atomic mass is 9.82. The van der Waals surface area contributed by atoms with Gasteiger partial charge in [-0.2, -0.15) is 0 Å². The van der Waals surface area contributed by atoms with Crippen LogP contribution in [-0.4, -0.2) is 11.1 Å². The molecule has 0 radical (unpaired) electrons. The molecule has 2 saturated carbocycles. The highest BCUT2D eigenvalue weighted by molar-refractivity contribution is 6.21. The molecule has 4 unspecified atom stereocenters. The summed E-state index contributed by atoms with van der Waals surface area (Å²) in [5, 5.41) is 5.33. The number of anilines is 4. The molecule has 0 amide bonds. The Kier molecular flexibility index (Phi) is 6.46. The third-order valence-electron chi connectivity index (χ3n) is 13.7. The second-order valence-corrected chi connectivity index (χ2v) is 16.3. The van der Waals surface area contributed by atoms with E-state index in [1.807, 2.05) is 0 Å². The first-order valence-electron chi connectivity index (χ1n) is 19.5. The minimum atomic E-state index is 0.107. The van der Waals surface area contributed by atoms with Gasteiger partial charge in [0.2, 0.25) is 0 Å². The maximum atomic E-state index is 2.66. The average Bonchev–Trinajstić information content (AvgIpc) is 3.89. The van der Waals surface area contributed by atoms with Crippen LogP contribution >= 0.6 is 0 Å². The molecule has 0 bridgehead atoms. The average molecular weight is 673 g/mol. The van der Waals surface area contributed by atoms with Gasteiger partial charge in [-0.15, -0.1) is 0 Å². The van der Waals surface area contributed by atoms with Crippen molar-refractivity contribution < 1.29 is 0 Å². The Bertz CT molecular complexity index is 2300. The van der Waals surface area contributed by atoms with Crippen molar-refractivity contribution in [2.75, 3.05) is 9.80 Å². The Labute approximate surface area is 307 Å². The lowest BCUT2D eigenvalue weighted by Crippen LogP contribution is -2.40. The molecule has 7 aromatic rings. The standard InChI is InChI=1S/C50H44N2/c1-49-29-13-23-43(49)41-31-33(25-27-45(41)51(49)35-15-5-3-6-16-35)47-37-19-9-11-21-39(37)48(40-22-12-10-20-38(40)47)34-26-28-46-42(32-34)44-24-14-30-50(44,2)52(46)36-17-7-4-8-18-36/h3-12,15-22,25-28,31-32,43-44H,13-14,23-24,29-30H2,1-2H3. The highest BCUT2D eigenvalue weighted by Crippen LogP contribution is 2.61. The SMILES string of the molecule is CC12CCCC1c1cc(-c3c4ccccc4c(-c4ccc5c(c4)C4CCCC4(C)N5c4ccccc4)c4ccccc34)ccc1N2c1ccccc1. The lowest BCUT2D eigenvalue weighted by molar-refractivity contribution is 0.451. The minimum absolute atomic E-state index is 0.107. The highest BCUT2D eigenvalue weighted by Gasteiger charge is 2.52. The maximum absolute atomic E-state index is 2.66. The number of fused-ring (bicyclic) bond motifs is 8. The molecule has 2 heterocycles. The third kappa shape index (κ3) is 4.07. The summed E-state index contributed by atoms with van der Waals surface area (Å²) < 4.78 is 0. The van der Waals surface area contributed by atoms with Gasteiger partial charge in [0, 0.05) is 45.7 Å². The molecule has 52 heavy (non-hydrogen) atoms. The monoisotopic (exact) mass is 672 g/mol. The zero-order valence-electron chi connectivity index (χ0n) is 30.1. The molecule has 4 atom stereocenters. The lowest BCUT2D eigenvalue weighted by Gasteiger charge is -2.37. The van der Waals surface area contributed by atoms with E-state index in [-0.39, 0.29) is 11.1 Å². The Morgan fingerprint density at radius 3 is 1.19 bits per heavy atom. The van der Waals surface area contributed by atoms with E-state index in [2.05, 4.69) is 169 Å². The fourth-order valence-electron chi connectivity index (χ4n) is 11.5. The minimum Gasteiger partial charge on any atom is -0.335 e. The molecular weight excluding hydrogens is 629 g/mol. The summed E-state index contributed by atoms with van der Waals surface area (Å²) in [6, 6.07) is 55.3. The van der Waals surface area contributed by atoms with Crippen molar-refractivity contribution >= 4 is 44.3 Å². The van der Waals surface area contributed by atoms with E-state index >= 15 is 0 Å². The smallest absolute Gasteiger partial charge is 0.0492 e.